The van der Waals surface area contributed by atoms with Crippen LogP contribution in [-0.4, -0.2) is 33.1 Å². The average molecular weight is 274 g/mol. The monoisotopic (exact) mass is 274 g/mol. The van der Waals surface area contributed by atoms with Crippen molar-refractivity contribution < 1.29 is 9.53 Å². The van der Waals surface area contributed by atoms with E-state index in [1.807, 2.05) is 19.9 Å². The second-order valence-electron chi connectivity index (χ2n) is 4.65. The molecule has 2 aromatic heterocycles. The smallest absolute Gasteiger partial charge is 0.360 e. The van der Waals surface area contributed by atoms with Gasteiger partial charge in [-0.3, -0.25) is 4.98 Å². The maximum absolute atomic E-state index is 11.7. The molecule has 106 valence electrons. The summed E-state index contributed by atoms with van der Waals surface area (Å²) in [5, 5.41) is 8.01. The summed E-state index contributed by atoms with van der Waals surface area (Å²) in [4.78, 5) is 15.8. The van der Waals surface area contributed by atoms with E-state index in [9.17, 15) is 4.79 Å². The van der Waals surface area contributed by atoms with Gasteiger partial charge in [0.2, 0.25) is 0 Å². The molecule has 0 fully saturated rings. The first-order valence-corrected chi connectivity index (χ1v) is 6.57. The van der Waals surface area contributed by atoms with Crippen LogP contribution < -0.4 is 0 Å². The predicted molar refractivity (Wildman–Crippen MR) is 73.4 cm³/mol. The molecule has 20 heavy (non-hydrogen) atoms. The Kier molecular flexibility index (Phi) is 4.45. The van der Waals surface area contributed by atoms with Crippen LogP contribution in [0.3, 0.4) is 0 Å². The Labute approximate surface area is 117 Å². The standard InChI is InChI=1S/C14H18N4O2/c1-4-5-12-13(14(19)20-3)16-17-18(12)9-11-6-10(2)7-15-8-11/h6-8H,4-5,9H2,1-3H3. The molecule has 0 atom stereocenters. The van der Waals surface area contributed by atoms with Gasteiger partial charge in [-0.15, -0.1) is 5.10 Å². The van der Waals surface area contributed by atoms with Gasteiger partial charge in [0.1, 0.15) is 0 Å². The highest BCUT2D eigenvalue weighted by Gasteiger charge is 2.19. The number of ether oxygens (including phenoxy) is 1. The van der Waals surface area contributed by atoms with Crippen LogP contribution in [0.4, 0.5) is 0 Å². The van der Waals surface area contributed by atoms with E-state index in [0.717, 1.165) is 29.7 Å². The first-order valence-electron chi connectivity index (χ1n) is 6.57. The molecule has 0 unspecified atom stereocenters. The third-order valence-electron chi connectivity index (χ3n) is 2.97. The predicted octanol–water partition coefficient (Wildman–Crippen LogP) is 1.77. The van der Waals surface area contributed by atoms with E-state index in [2.05, 4.69) is 15.3 Å². The molecule has 0 radical (unpaired) electrons. The van der Waals surface area contributed by atoms with Gasteiger partial charge in [-0.1, -0.05) is 24.6 Å². The van der Waals surface area contributed by atoms with E-state index in [1.165, 1.54) is 7.11 Å². The van der Waals surface area contributed by atoms with Crippen LogP contribution in [0.5, 0.6) is 0 Å². The number of methoxy groups -OCH3 is 1. The normalized spacial score (nSPS) is 10.6. The number of carbonyl (C=O) groups excluding carboxylic acids is 1. The highest BCUT2D eigenvalue weighted by Crippen LogP contribution is 2.12. The topological polar surface area (TPSA) is 69.9 Å². The second kappa shape index (κ2) is 6.27. The van der Waals surface area contributed by atoms with Gasteiger partial charge in [0.05, 0.1) is 19.3 Å². The number of pyridine rings is 1. The van der Waals surface area contributed by atoms with Crippen molar-refractivity contribution in [3.8, 4) is 0 Å². The van der Waals surface area contributed by atoms with Crippen molar-refractivity contribution in [2.75, 3.05) is 7.11 Å². The fourth-order valence-corrected chi connectivity index (χ4v) is 2.08. The van der Waals surface area contributed by atoms with Gasteiger partial charge < -0.3 is 4.74 Å². The van der Waals surface area contributed by atoms with E-state index in [4.69, 9.17) is 4.74 Å². The second-order valence-corrected chi connectivity index (χ2v) is 4.65. The van der Waals surface area contributed by atoms with E-state index in [1.54, 1.807) is 17.1 Å². The minimum absolute atomic E-state index is 0.301. The number of aromatic nitrogens is 4. The summed E-state index contributed by atoms with van der Waals surface area (Å²) in [6, 6.07) is 2.04. The number of hydrogen-bond acceptors (Lipinski definition) is 5. The van der Waals surface area contributed by atoms with Crippen molar-refractivity contribution in [3.63, 3.8) is 0 Å². The molecule has 0 aliphatic rings. The highest BCUT2D eigenvalue weighted by atomic mass is 16.5. The molecule has 6 nitrogen and oxygen atoms in total. The molecule has 0 amide bonds. The van der Waals surface area contributed by atoms with Crippen molar-refractivity contribution >= 4 is 5.97 Å². The van der Waals surface area contributed by atoms with E-state index in [-0.39, 0.29) is 0 Å². The number of carbonyl (C=O) groups is 1. The molecule has 6 heteroatoms. The highest BCUT2D eigenvalue weighted by molar-refractivity contribution is 5.88. The molecular weight excluding hydrogens is 256 g/mol. The summed E-state index contributed by atoms with van der Waals surface area (Å²) in [6.45, 7) is 4.59. The van der Waals surface area contributed by atoms with E-state index >= 15 is 0 Å². The van der Waals surface area contributed by atoms with Gasteiger partial charge in [-0.25, -0.2) is 9.48 Å². The number of nitrogens with zero attached hydrogens (tertiary/aromatic N) is 4. The molecule has 0 N–H and O–H groups in total. The van der Waals surface area contributed by atoms with Gasteiger partial charge in [0.15, 0.2) is 5.69 Å². The summed E-state index contributed by atoms with van der Waals surface area (Å²) in [6.07, 6.45) is 5.24. The quantitative estimate of drug-likeness (QED) is 0.777. The Hall–Kier alpha value is -2.24. The van der Waals surface area contributed by atoms with Gasteiger partial charge >= 0.3 is 5.97 Å². The van der Waals surface area contributed by atoms with Gasteiger partial charge in [0, 0.05) is 12.4 Å². The van der Waals surface area contributed by atoms with Crippen LogP contribution in [0.2, 0.25) is 0 Å². The molecule has 0 spiro atoms. The lowest BCUT2D eigenvalue weighted by Crippen LogP contribution is -2.10. The lowest BCUT2D eigenvalue weighted by molar-refractivity contribution is 0.0592. The zero-order valence-electron chi connectivity index (χ0n) is 12.0. The Morgan fingerprint density at radius 1 is 1.40 bits per heavy atom. The number of rotatable bonds is 5. The van der Waals surface area contributed by atoms with Gasteiger partial charge in [-0.2, -0.15) is 0 Å². The van der Waals surface area contributed by atoms with Crippen molar-refractivity contribution in [2.45, 2.75) is 33.2 Å². The minimum atomic E-state index is -0.443. The molecule has 2 heterocycles. The third-order valence-corrected chi connectivity index (χ3v) is 2.97. The fraction of sp³-hybridized carbons (Fsp3) is 0.429. The molecule has 0 bridgehead atoms. The zero-order chi connectivity index (χ0) is 14.5. The zero-order valence-corrected chi connectivity index (χ0v) is 12.0. The van der Waals surface area contributed by atoms with Crippen LogP contribution in [0.1, 0.15) is 40.7 Å². The Bertz CT molecular complexity index is 607. The van der Waals surface area contributed by atoms with Gasteiger partial charge in [-0.05, 0) is 24.5 Å². The largest absolute Gasteiger partial charge is 0.464 e. The van der Waals surface area contributed by atoms with Crippen LogP contribution in [-0.2, 0) is 17.7 Å². The molecule has 0 saturated carbocycles. The molecular formula is C14H18N4O2. The van der Waals surface area contributed by atoms with Crippen LogP contribution >= 0.6 is 0 Å². The van der Waals surface area contributed by atoms with Crippen LogP contribution in [0, 0.1) is 6.92 Å². The Balaban J connectivity index is 2.31. The lowest BCUT2D eigenvalue weighted by atomic mass is 10.2. The minimum Gasteiger partial charge on any atom is -0.464 e. The number of esters is 1. The Morgan fingerprint density at radius 2 is 2.20 bits per heavy atom. The summed E-state index contributed by atoms with van der Waals surface area (Å²) in [5.74, 6) is -0.443. The van der Waals surface area contributed by atoms with Crippen molar-refractivity contribution in [2.24, 2.45) is 0 Å². The maximum atomic E-state index is 11.7. The summed E-state index contributed by atoms with van der Waals surface area (Å²) in [5.41, 5.74) is 3.23. The summed E-state index contributed by atoms with van der Waals surface area (Å²) >= 11 is 0. The Morgan fingerprint density at radius 3 is 2.85 bits per heavy atom. The number of aryl methyl sites for hydroxylation is 1. The first kappa shape index (κ1) is 14.2. The average Bonchev–Trinajstić information content (AvgIpc) is 2.82. The lowest BCUT2D eigenvalue weighted by Gasteiger charge is -2.07. The fourth-order valence-electron chi connectivity index (χ4n) is 2.08. The molecule has 0 aliphatic carbocycles. The SMILES string of the molecule is CCCc1c(C(=O)OC)nnn1Cc1cncc(C)c1. The van der Waals surface area contributed by atoms with E-state index in [0.29, 0.717) is 12.2 Å². The maximum Gasteiger partial charge on any atom is 0.360 e. The van der Waals surface area contributed by atoms with Crippen molar-refractivity contribution in [1.82, 2.24) is 20.0 Å². The van der Waals surface area contributed by atoms with Crippen molar-refractivity contribution in [1.29, 1.82) is 0 Å². The van der Waals surface area contributed by atoms with Crippen LogP contribution in [0.15, 0.2) is 18.5 Å². The molecule has 2 rings (SSSR count). The summed E-state index contributed by atoms with van der Waals surface area (Å²) in [7, 11) is 1.35. The molecule has 2 aromatic rings. The van der Waals surface area contributed by atoms with Crippen molar-refractivity contribution in [3.05, 3.63) is 41.0 Å². The number of hydrogen-bond donors (Lipinski definition) is 0. The molecule has 0 aliphatic heterocycles. The van der Waals surface area contributed by atoms with Gasteiger partial charge in [0.25, 0.3) is 0 Å². The summed E-state index contributed by atoms with van der Waals surface area (Å²) < 4.78 is 6.48. The van der Waals surface area contributed by atoms with E-state index < -0.39 is 5.97 Å². The molecule has 0 aromatic carbocycles. The third kappa shape index (κ3) is 3.01. The van der Waals surface area contributed by atoms with Crippen LogP contribution in [0.25, 0.3) is 0 Å². The molecule has 0 saturated heterocycles. The first-order chi connectivity index (χ1) is 9.65.